The van der Waals surface area contributed by atoms with E-state index in [0.29, 0.717) is 15.7 Å². The monoisotopic (exact) mass is 291 g/mol. The Labute approximate surface area is 120 Å². The van der Waals surface area contributed by atoms with E-state index in [2.05, 4.69) is 4.98 Å². The third-order valence-corrected chi connectivity index (χ3v) is 3.68. The van der Waals surface area contributed by atoms with Crippen LogP contribution in [0.4, 0.5) is 5.69 Å². The highest BCUT2D eigenvalue weighted by Crippen LogP contribution is 2.29. The molecule has 5 heteroatoms. The molecule has 0 bridgehead atoms. The maximum Gasteiger partial charge on any atom is 0.140 e. The molecule has 2 aromatic carbocycles. The summed E-state index contributed by atoms with van der Waals surface area (Å²) in [7, 11) is 1.95. The molecule has 0 amide bonds. The van der Waals surface area contributed by atoms with Gasteiger partial charge in [-0.1, -0.05) is 23.2 Å². The zero-order valence-electron chi connectivity index (χ0n) is 10.2. The van der Waals surface area contributed by atoms with E-state index in [1.807, 2.05) is 41.9 Å². The summed E-state index contributed by atoms with van der Waals surface area (Å²) in [6.45, 7) is 0. The molecule has 0 unspecified atom stereocenters. The van der Waals surface area contributed by atoms with Crippen LogP contribution in [0.2, 0.25) is 10.0 Å². The number of hydrogen-bond donors (Lipinski definition) is 1. The van der Waals surface area contributed by atoms with Crippen LogP contribution in [-0.2, 0) is 7.05 Å². The van der Waals surface area contributed by atoms with Gasteiger partial charge in [-0.3, -0.25) is 0 Å². The van der Waals surface area contributed by atoms with Crippen molar-refractivity contribution in [2.24, 2.45) is 7.05 Å². The Hall–Kier alpha value is -1.71. The van der Waals surface area contributed by atoms with E-state index in [0.717, 1.165) is 22.4 Å². The quantitative estimate of drug-likeness (QED) is 0.685. The van der Waals surface area contributed by atoms with Crippen LogP contribution in [0.1, 0.15) is 0 Å². The van der Waals surface area contributed by atoms with Crippen molar-refractivity contribution in [2.75, 3.05) is 5.73 Å². The lowest BCUT2D eigenvalue weighted by molar-refractivity contribution is 0.959. The van der Waals surface area contributed by atoms with E-state index in [1.54, 1.807) is 6.07 Å². The average Bonchev–Trinajstić information content (AvgIpc) is 2.70. The van der Waals surface area contributed by atoms with Crippen LogP contribution in [0.15, 0.2) is 36.4 Å². The normalized spacial score (nSPS) is 11.1. The van der Waals surface area contributed by atoms with Gasteiger partial charge in [0.1, 0.15) is 5.82 Å². The second-order valence-corrected chi connectivity index (χ2v) is 5.21. The van der Waals surface area contributed by atoms with Crippen molar-refractivity contribution in [3.8, 4) is 11.4 Å². The minimum Gasteiger partial charge on any atom is -0.398 e. The van der Waals surface area contributed by atoms with E-state index < -0.39 is 0 Å². The van der Waals surface area contributed by atoms with Gasteiger partial charge in [-0.25, -0.2) is 4.98 Å². The van der Waals surface area contributed by atoms with Crippen LogP contribution in [0.5, 0.6) is 0 Å². The largest absolute Gasteiger partial charge is 0.398 e. The first kappa shape index (κ1) is 12.3. The predicted molar refractivity (Wildman–Crippen MR) is 80.6 cm³/mol. The highest BCUT2D eigenvalue weighted by molar-refractivity contribution is 6.33. The molecule has 0 atom stereocenters. The number of halogens is 2. The van der Waals surface area contributed by atoms with Crippen molar-refractivity contribution in [3.05, 3.63) is 46.4 Å². The minimum atomic E-state index is 0.546. The molecule has 96 valence electrons. The van der Waals surface area contributed by atoms with Gasteiger partial charge in [0.2, 0.25) is 0 Å². The smallest absolute Gasteiger partial charge is 0.140 e. The number of nitrogen functional groups attached to an aromatic ring is 1. The molecular weight excluding hydrogens is 281 g/mol. The fourth-order valence-electron chi connectivity index (χ4n) is 2.10. The van der Waals surface area contributed by atoms with Crippen LogP contribution in [0.3, 0.4) is 0 Å². The number of aryl methyl sites for hydroxylation is 1. The fraction of sp³-hybridized carbons (Fsp3) is 0.0714. The van der Waals surface area contributed by atoms with E-state index >= 15 is 0 Å². The number of fused-ring (bicyclic) bond motifs is 1. The molecule has 3 aromatic rings. The molecule has 1 heterocycles. The second kappa shape index (κ2) is 4.44. The molecular formula is C14H11Cl2N3. The first-order chi connectivity index (χ1) is 9.06. The number of nitrogens with zero attached hydrogens (tertiary/aromatic N) is 2. The Morgan fingerprint density at radius 3 is 2.63 bits per heavy atom. The first-order valence-electron chi connectivity index (χ1n) is 5.73. The summed E-state index contributed by atoms with van der Waals surface area (Å²) in [4.78, 5) is 4.60. The molecule has 0 radical (unpaired) electrons. The van der Waals surface area contributed by atoms with Crippen molar-refractivity contribution in [1.29, 1.82) is 0 Å². The second-order valence-electron chi connectivity index (χ2n) is 4.36. The van der Waals surface area contributed by atoms with Gasteiger partial charge >= 0.3 is 0 Å². The van der Waals surface area contributed by atoms with Gasteiger partial charge in [0, 0.05) is 17.6 Å². The number of aromatic nitrogens is 2. The molecule has 0 aliphatic rings. The Morgan fingerprint density at radius 1 is 1.11 bits per heavy atom. The molecule has 3 rings (SSSR count). The molecule has 0 saturated carbocycles. The zero-order valence-corrected chi connectivity index (χ0v) is 11.7. The maximum absolute atomic E-state index is 6.01. The van der Waals surface area contributed by atoms with Crippen LogP contribution in [0, 0.1) is 0 Å². The van der Waals surface area contributed by atoms with Gasteiger partial charge in [0.05, 0.1) is 21.7 Å². The van der Waals surface area contributed by atoms with Crippen molar-refractivity contribution in [3.63, 3.8) is 0 Å². The van der Waals surface area contributed by atoms with Crippen LogP contribution >= 0.6 is 23.2 Å². The molecule has 3 nitrogen and oxygen atoms in total. The molecule has 0 fully saturated rings. The number of anilines is 1. The molecule has 0 saturated heterocycles. The van der Waals surface area contributed by atoms with Gasteiger partial charge in [-0.2, -0.15) is 0 Å². The Balaban J connectivity index is 2.24. The first-order valence-corrected chi connectivity index (χ1v) is 6.49. The maximum atomic E-state index is 6.01. The van der Waals surface area contributed by atoms with Crippen LogP contribution < -0.4 is 5.73 Å². The van der Waals surface area contributed by atoms with Crippen molar-refractivity contribution >= 4 is 39.9 Å². The Kier molecular flexibility index (Phi) is 2.88. The van der Waals surface area contributed by atoms with E-state index in [-0.39, 0.29) is 0 Å². The van der Waals surface area contributed by atoms with Gasteiger partial charge in [-0.05, 0) is 36.4 Å². The fourth-order valence-corrected chi connectivity index (χ4v) is 2.39. The van der Waals surface area contributed by atoms with Crippen molar-refractivity contribution < 1.29 is 0 Å². The lowest BCUT2D eigenvalue weighted by Gasteiger charge is -2.04. The summed E-state index contributed by atoms with van der Waals surface area (Å²) in [5.74, 6) is 0.834. The Morgan fingerprint density at radius 2 is 1.89 bits per heavy atom. The number of nitrogens with two attached hydrogens (primary N) is 1. The van der Waals surface area contributed by atoms with Crippen LogP contribution in [0.25, 0.3) is 22.4 Å². The average molecular weight is 292 g/mol. The lowest BCUT2D eigenvalue weighted by Crippen LogP contribution is -1.94. The highest BCUT2D eigenvalue weighted by Gasteiger charge is 2.11. The third-order valence-electron chi connectivity index (χ3n) is 3.10. The SMILES string of the molecule is Cn1c(-c2ccc(Cl)c(N)c2)nc2ccc(Cl)cc21. The predicted octanol–water partition coefficient (Wildman–Crippen LogP) is 4.13. The minimum absolute atomic E-state index is 0.546. The molecule has 0 spiro atoms. The number of benzene rings is 2. The van der Waals surface area contributed by atoms with Crippen LogP contribution in [-0.4, -0.2) is 9.55 Å². The van der Waals surface area contributed by atoms with Crippen molar-refractivity contribution in [2.45, 2.75) is 0 Å². The number of rotatable bonds is 1. The third kappa shape index (κ3) is 2.05. The molecule has 0 aliphatic heterocycles. The summed E-state index contributed by atoms with van der Waals surface area (Å²) in [6, 6.07) is 11.1. The molecule has 1 aromatic heterocycles. The summed E-state index contributed by atoms with van der Waals surface area (Å²) < 4.78 is 1.99. The van der Waals surface area contributed by atoms with Gasteiger partial charge in [-0.15, -0.1) is 0 Å². The summed E-state index contributed by atoms with van der Waals surface area (Å²) >= 11 is 12.0. The van der Waals surface area contributed by atoms with E-state index in [1.165, 1.54) is 0 Å². The zero-order chi connectivity index (χ0) is 13.6. The summed E-state index contributed by atoms with van der Waals surface area (Å²) in [5, 5.41) is 1.24. The molecule has 0 aliphatic carbocycles. The van der Waals surface area contributed by atoms with Crippen molar-refractivity contribution in [1.82, 2.24) is 9.55 Å². The number of imidazole rings is 1. The lowest BCUT2D eigenvalue weighted by atomic mass is 10.2. The summed E-state index contributed by atoms with van der Waals surface area (Å²) in [6.07, 6.45) is 0. The Bertz CT molecular complexity index is 778. The molecule has 2 N–H and O–H groups in total. The standard InChI is InChI=1S/C14H11Cl2N3/c1-19-13-7-9(15)3-5-12(13)18-14(19)8-2-4-10(16)11(17)6-8/h2-7H,17H2,1H3. The number of hydrogen-bond acceptors (Lipinski definition) is 2. The topological polar surface area (TPSA) is 43.8 Å². The van der Waals surface area contributed by atoms with E-state index in [9.17, 15) is 0 Å². The summed E-state index contributed by atoms with van der Waals surface area (Å²) in [5.41, 5.74) is 9.19. The van der Waals surface area contributed by atoms with Gasteiger partial charge in [0.15, 0.2) is 0 Å². The van der Waals surface area contributed by atoms with Gasteiger partial charge in [0.25, 0.3) is 0 Å². The van der Waals surface area contributed by atoms with E-state index in [4.69, 9.17) is 28.9 Å². The highest BCUT2D eigenvalue weighted by atomic mass is 35.5. The molecule has 19 heavy (non-hydrogen) atoms. The van der Waals surface area contributed by atoms with Gasteiger partial charge < -0.3 is 10.3 Å².